The molecule has 0 aromatic heterocycles. The summed E-state index contributed by atoms with van der Waals surface area (Å²) in [6.07, 6.45) is 9.09. The third-order valence-corrected chi connectivity index (χ3v) is 7.37. The van der Waals surface area contributed by atoms with E-state index in [4.69, 9.17) is 0 Å². The van der Waals surface area contributed by atoms with Gasteiger partial charge in [-0.15, -0.1) is 0 Å². The van der Waals surface area contributed by atoms with Crippen molar-refractivity contribution in [1.29, 1.82) is 0 Å². The third kappa shape index (κ3) is 4.46. The Morgan fingerprint density at radius 3 is 2.12 bits per heavy atom. The standard InChI is InChI=1S/C20H30N2O3S/c1-21(26(2,24)25)19-12-14-22(15-13-19)20(23)18-10-8-17(9-11-18)16-6-4-3-5-7-16/h8-11,16,19H,3-7,12-15H2,1-2H3. The van der Waals surface area contributed by atoms with Crippen molar-refractivity contribution in [3.8, 4) is 0 Å². The average Bonchev–Trinajstić information content (AvgIpc) is 2.67. The number of likely N-dealkylation sites (tertiary alicyclic amines) is 1. The van der Waals surface area contributed by atoms with Crippen LogP contribution in [-0.2, 0) is 10.0 Å². The van der Waals surface area contributed by atoms with E-state index in [0.717, 1.165) is 5.56 Å². The molecule has 0 unspecified atom stereocenters. The van der Waals surface area contributed by atoms with Gasteiger partial charge in [-0.05, 0) is 49.3 Å². The molecule has 6 heteroatoms. The summed E-state index contributed by atoms with van der Waals surface area (Å²) in [7, 11) is -1.55. The fourth-order valence-electron chi connectivity index (χ4n) is 4.22. The second kappa shape index (κ2) is 8.09. The van der Waals surface area contributed by atoms with Gasteiger partial charge >= 0.3 is 0 Å². The summed E-state index contributed by atoms with van der Waals surface area (Å²) in [6, 6.07) is 8.14. The second-order valence-electron chi connectivity index (χ2n) is 7.76. The van der Waals surface area contributed by atoms with E-state index in [9.17, 15) is 13.2 Å². The molecule has 0 spiro atoms. The molecule has 1 aromatic carbocycles. The van der Waals surface area contributed by atoms with Gasteiger partial charge in [0.2, 0.25) is 10.0 Å². The number of benzene rings is 1. The summed E-state index contributed by atoms with van der Waals surface area (Å²) in [5.41, 5.74) is 2.09. The van der Waals surface area contributed by atoms with E-state index in [1.165, 1.54) is 48.2 Å². The number of sulfonamides is 1. The molecular formula is C20H30N2O3S. The largest absolute Gasteiger partial charge is 0.339 e. The molecule has 1 amide bonds. The molecule has 2 fully saturated rings. The minimum atomic E-state index is -3.18. The maximum atomic E-state index is 12.8. The van der Waals surface area contributed by atoms with Gasteiger partial charge in [-0.25, -0.2) is 12.7 Å². The first kappa shape index (κ1) is 19.4. The normalized spacial score (nSPS) is 20.5. The molecule has 0 bridgehead atoms. The molecule has 1 saturated heterocycles. The predicted molar refractivity (Wildman–Crippen MR) is 104 cm³/mol. The average molecular weight is 379 g/mol. The molecule has 144 valence electrons. The zero-order chi connectivity index (χ0) is 18.7. The van der Waals surface area contributed by atoms with E-state index >= 15 is 0 Å². The van der Waals surface area contributed by atoms with Crippen LogP contribution in [0.3, 0.4) is 0 Å². The van der Waals surface area contributed by atoms with Crippen LogP contribution in [0.25, 0.3) is 0 Å². The SMILES string of the molecule is CN(C1CCN(C(=O)c2ccc(C3CCCCC3)cc2)CC1)S(C)(=O)=O. The Bertz CT molecular complexity index is 716. The van der Waals surface area contributed by atoms with Crippen molar-refractivity contribution in [3.05, 3.63) is 35.4 Å². The molecule has 0 atom stereocenters. The van der Waals surface area contributed by atoms with Gasteiger partial charge in [-0.1, -0.05) is 31.4 Å². The maximum absolute atomic E-state index is 12.8. The fourth-order valence-corrected chi connectivity index (χ4v) is 4.97. The monoisotopic (exact) mass is 378 g/mol. The van der Waals surface area contributed by atoms with Gasteiger partial charge in [0.05, 0.1) is 6.26 Å². The van der Waals surface area contributed by atoms with Crippen LogP contribution in [0.15, 0.2) is 24.3 Å². The Labute approximate surface area is 157 Å². The lowest BCUT2D eigenvalue weighted by Gasteiger charge is -2.35. The molecule has 0 N–H and O–H groups in total. The fraction of sp³-hybridized carbons (Fsp3) is 0.650. The van der Waals surface area contributed by atoms with Crippen molar-refractivity contribution in [2.24, 2.45) is 0 Å². The van der Waals surface area contributed by atoms with E-state index in [-0.39, 0.29) is 11.9 Å². The lowest BCUT2D eigenvalue weighted by atomic mass is 9.84. The van der Waals surface area contributed by atoms with Gasteiger partial charge < -0.3 is 4.90 Å². The van der Waals surface area contributed by atoms with Crippen LogP contribution in [0, 0.1) is 0 Å². The maximum Gasteiger partial charge on any atom is 0.253 e. The number of nitrogens with zero attached hydrogens (tertiary/aromatic N) is 2. The number of hydrogen-bond acceptors (Lipinski definition) is 3. The van der Waals surface area contributed by atoms with Crippen LogP contribution in [0.4, 0.5) is 0 Å². The summed E-state index contributed by atoms with van der Waals surface area (Å²) in [6.45, 7) is 1.21. The highest BCUT2D eigenvalue weighted by molar-refractivity contribution is 7.88. The Hall–Kier alpha value is -1.40. The van der Waals surface area contributed by atoms with Crippen LogP contribution in [0.2, 0.25) is 0 Å². The number of piperidine rings is 1. The Morgan fingerprint density at radius 1 is 1.00 bits per heavy atom. The molecule has 1 aliphatic carbocycles. The van der Waals surface area contributed by atoms with Crippen molar-refractivity contribution in [1.82, 2.24) is 9.21 Å². The van der Waals surface area contributed by atoms with Crippen molar-refractivity contribution < 1.29 is 13.2 Å². The van der Waals surface area contributed by atoms with Crippen LogP contribution in [0.5, 0.6) is 0 Å². The second-order valence-corrected chi connectivity index (χ2v) is 9.80. The number of hydrogen-bond donors (Lipinski definition) is 0. The summed E-state index contributed by atoms with van der Waals surface area (Å²) >= 11 is 0. The molecule has 0 radical (unpaired) electrons. The number of carbonyl (C=O) groups is 1. The first-order valence-electron chi connectivity index (χ1n) is 9.68. The lowest BCUT2D eigenvalue weighted by Crippen LogP contribution is -2.47. The van der Waals surface area contributed by atoms with Crippen LogP contribution < -0.4 is 0 Å². The Balaban J connectivity index is 1.58. The molecular weight excluding hydrogens is 348 g/mol. The van der Waals surface area contributed by atoms with E-state index in [1.807, 2.05) is 17.0 Å². The molecule has 1 aromatic rings. The van der Waals surface area contributed by atoms with Crippen LogP contribution in [0.1, 0.15) is 66.8 Å². The van der Waals surface area contributed by atoms with Crippen molar-refractivity contribution in [2.45, 2.75) is 56.9 Å². The number of carbonyl (C=O) groups excluding carboxylic acids is 1. The molecule has 3 rings (SSSR count). The third-order valence-electron chi connectivity index (χ3n) is 6.02. The highest BCUT2D eigenvalue weighted by atomic mass is 32.2. The molecule has 1 heterocycles. The summed E-state index contributed by atoms with van der Waals surface area (Å²) in [4.78, 5) is 14.6. The lowest BCUT2D eigenvalue weighted by molar-refractivity contribution is 0.0686. The van der Waals surface area contributed by atoms with Gasteiger partial charge in [-0.2, -0.15) is 0 Å². The molecule has 1 aliphatic heterocycles. The highest BCUT2D eigenvalue weighted by Crippen LogP contribution is 2.32. The van der Waals surface area contributed by atoms with E-state index < -0.39 is 10.0 Å². The van der Waals surface area contributed by atoms with Crippen molar-refractivity contribution >= 4 is 15.9 Å². The zero-order valence-electron chi connectivity index (χ0n) is 15.9. The minimum absolute atomic E-state index is 0.0114. The van der Waals surface area contributed by atoms with Gasteiger partial charge in [0.1, 0.15) is 0 Å². The Morgan fingerprint density at radius 2 is 1.58 bits per heavy atom. The van der Waals surface area contributed by atoms with Gasteiger partial charge in [0, 0.05) is 31.7 Å². The smallest absolute Gasteiger partial charge is 0.253 e. The van der Waals surface area contributed by atoms with Crippen molar-refractivity contribution in [3.63, 3.8) is 0 Å². The summed E-state index contributed by atoms with van der Waals surface area (Å²) < 4.78 is 24.8. The Kier molecular flexibility index (Phi) is 6.03. The topological polar surface area (TPSA) is 57.7 Å². The van der Waals surface area contributed by atoms with E-state index in [1.54, 1.807) is 7.05 Å². The van der Waals surface area contributed by atoms with Gasteiger partial charge in [0.25, 0.3) is 5.91 Å². The van der Waals surface area contributed by atoms with Crippen LogP contribution >= 0.6 is 0 Å². The highest BCUT2D eigenvalue weighted by Gasteiger charge is 2.29. The first-order valence-corrected chi connectivity index (χ1v) is 11.5. The molecule has 5 nitrogen and oxygen atoms in total. The van der Waals surface area contributed by atoms with E-state index in [2.05, 4.69) is 12.1 Å². The quantitative estimate of drug-likeness (QED) is 0.808. The summed E-state index contributed by atoms with van der Waals surface area (Å²) in [5.74, 6) is 0.704. The molecule has 2 aliphatic rings. The van der Waals surface area contributed by atoms with E-state index in [0.29, 0.717) is 31.8 Å². The zero-order valence-corrected chi connectivity index (χ0v) is 16.7. The van der Waals surface area contributed by atoms with Gasteiger partial charge in [0.15, 0.2) is 0 Å². The summed E-state index contributed by atoms with van der Waals surface area (Å²) in [5, 5.41) is 0. The minimum Gasteiger partial charge on any atom is -0.339 e. The number of amides is 1. The molecule has 1 saturated carbocycles. The van der Waals surface area contributed by atoms with Crippen molar-refractivity contribution in [2.75, 3.05) is 26.4 Å². The van der Waals surface area contributed by atoms with Crippen LogP contribution in [-0.4, -0.2) is 56.0 Å². The predicted octanol–water partition coefficient (Wildman–Crippen LogP) is 3.23. The molecule has 26 heavy (non-hydrogen) atoms. The van der Waals surface area contributed by atoms with Gasteiger partial charge in [-0.3, -0.25) is 4.79 Å². The number of rotatable bonds is 4. The first-order chi connectivity index (χ1) is 12.4.